The Kier molecular flexibility index (Phi) is 2.68. The Balaban J connectivity index is 3.38. The summed E-state index contributed by atoms with van der Waals surface area (Å²) in [6.07, 6.45) is -8.06. The lowest BCUT2D eigenvalue weighted by Gasteiger charge is -2.11. The van der Waals surface area contributed by atoms with Crippen molar-refractivity contribution in [1.82, 2.24) is 4.98 Å². The number of alkyl halides is 5. The number of hydrogen-bond donors (Lipinski definition) is 0. The molecule has 0 bridgehead atoms. The molecule has 0 N–H and O–H groups in total. The van der Waals surface area contributed by atoms with E-state index >= 15 is 0 Å². The highest BCUT2D eigenvalue weighted by Gasteiger charge is 2.39. The molecule has 0 aromatic carbocycles. The van der Waals surface area contributed by atoms with Crippen molar-refractivity contribution in [3.8, 4) is 0 Å². The van der Waals surface area contributed by atoms with Crippen LogP contribution in [0.15, 0.2) is 12.3 Å². The Labute approximate surface area is 74.4 Å². The molecule has 0 aliphatic rings. The molecule has 1 aromatic rings. The normalized spacial score (nSPS) is 12.2. The van der Waals surface area contributed by atoms with Crippen LogP contribution in [-0.4, -0.2) is 4.98 Å². The second kappa shape index (κ2) is 3.47. The van der Waals surface area contributed by atoms with Crippen LogP contribution in [-0.2, 0) is 6.18 Å². The van der Waals surface area contributed by atoms with Gasteiger partial charge in [0, 0.05) is 6.20 Å². The van der Waals surface area contributed by atoms with Gasteiger partial charge < -0.3 is 0 Å². The van der Waals surface area contributed by atoms with E-state index in [4.69, 9.17) is 0 Å². The lowest BCUT2D eigenvalue weighted by atomic mass is 10.2. The number of pyridine rings is 1. The van der Waals surface area contributed by atoms with Crippen LogP contribution in [0.2, 0.25) is 0 Å². The fourth-order valence-corrected chi connectivity index (χ4v) is 0.899. The van der Waals surface area contributed by atoms with Gasteiger partial charge in [0.15, 0.2) is 0 Å². The molecule has 14 heavy (non-hydrogen) atoms. The fourth-order valence-electron chi connectivity index (χ4n) is 0.899. The first-order chi connectivity index (χ1) is 6.34. The Bertz CT molecular complexity index is 331. The number of aromatic nitrogens is 1. The van der Waals surface area contributed by atoms with E-state index in [1.54, 1.807) is 0 Å². The summed E-state index contributed by atoms with van der Waals surface area (Å²) < 4.78 is 72.8. The lowest BCUT2D eigenvalue weighted by molar-refractivity contribution is -0.142. The number of rotatable bonds is 1. The first-order valence-corrected chi connectivity index (χ1v) is 3.33. The molecule has 78 valence electrons. The predicted molar refractivity (Wildman–Crippen MR) is 34.2 cm³/mol. The van der Waals surface area contributed by atoms with E-state index in [2.05, 4.69) is 4.98 Å². The molecule has 0 spiro atoms. The number of nitrogens with zero attached hydrogens (tertiary/aromatic N) is 1. The van der Waals surface area contributed by atoms with Crippen molar-refractivity contribution in [3.05, 3.63) is 29.3 Å². The second-order valence-corrected chi connectivity index (χ2v) is 2.35. The minimum atomic E-state index is -5.16. The largest absolute Gasteiger partial charge is 0.421 e. The Hall–Kier alpha value is -1.27. The van der Waals surface area contributed by atoms with Gasteiger partial charge in [-0.3, -0.25) is 4.98 Å². The van der Waals surface area contributed by atoms with Crippen molar-refractivity contribution in [3.63, 3.8) is 0 Å². The van der Waals surface area contributed by atoms with Gasteiger partial charge in [-0.05, 0) is 6.07 Å². The standard InChI is InChI=1S/C7H3F6N/c8-3-1-2-14-5(6(9)10)4(3)7(11,12)13/h1-2,6H. The molecule has 0 atom stereocenters. The minimum Gasteiger partial charge on any atom is -0.254 e. The van der Waals surface area contributed by atoms with Gasteiger partial charge in [0.05, 0.1) is 0 Å². The third kappa shape index (κ3) is 1.97. The van der Waals surface area contributed by atoms with Crippen LogP contribution in [0.4, 0.5) is 26.3 Å². The molecule has 0 fully saturated rings. The van der Waals surface area contributed by atoms with Crippen LogP contribution in [0.1, 0.15) is 17.7 Å². The molecule has 7 heteroatoms. The van der Waals surface area contributed by atoms with Crippen molar-refractivity contribution < 1.29 is 26.3 Å². The zero-order valence-corrected chi connectivity index (χ0v) is 6.45. The van der Waals surface area contributed by atoms with E-state index in [0.717, 1.165) is 0 Å². The Morgan fingerprint density at radius 2 is 1.79 bits per heavy atom. The van der Waals surface area contributed by atoms with Gasteiger partial charge in [0.1, 0.15) is 17.1 Å². The van der Waals surface area contributed by atoms with Crippen molar-refractivity contribution >= 4 is 0 Å². The van der Waals surface area contributed by atoms with Crippen molar-refractivity contribution in [2.24, 2.45) is 0 Å². The van der Waals surface area contributed by atoms with Crippen LogP contribution in [0.3, 0.4) is 0 Å². The maximum atomic E-state index is 12.6. The summed E-state index contributed by atoms with van der Waals surface area (Å²) >= 11 is 0. The van der Waals surface area contributed by atoms with Crippen LogP contribution in [0, 0.1) is 5.82 Å². The molecule has 1 nitrogen and oxygen atoms in total. The van der Waals surface area contributed by atoms with E-state index < -0.39 is 29.7 Å². The molecule has 1 aromatic heterocycles. The summed E-state index contributed by atoms with van der Waals surface area (Å²) in [6, 6.07) is 0.384. The SMILES string of the molecule is Fc1ccnc(C(F)F)c1C(F)(F)F. The highest BCUT2D eigenvalue weighted by atomic mass is 19.4. The average Bonchev–Trinajstić information content (AvgIpc) is 2.01. The van der Waals surface area contributed by atoms with Crippen molar-refractivity contribution in [2.45, 2.75) is 12.6 Å². The van der Waals surface area contributed by atoms with E-state index in [-0.39, 0.29) is 0 Å². The van der Waals surface area contributed by atoms with Crippen molar-refractivity contribution in [2.75, 3.05) is 0 Å². The van der Waals surface area contributed by atoms with Crippen molar-refractivity contribution in [1.29, 1.82) is 0 Å². The Morgan fingerprint density at radius 1 is 1.21 bits per heavy atom. The number of halogens is 6. The third-order valence-corrected chi connectivity index (χ3v) is 1.42. The van der Waals surface area contributed by atoms with Gasteiger partial charge in [-0.2, -0.15) is 13.2 Å². The average molecular weight is 215 g/mol. The predicted octanol–water partition coefficient (Wildman–Crippen LogP) is 3.18. The van der Waals surface area contributed by atoms with E-state index in [0.29, 0.717) is 12.3 Å². The van der Waals surface area contributed by atoms with Gasteiger partial charge in [-0.15, -0.1) is 0 Å². The summed E-state index contributed by atoms with van der Waals surface area (Å²) in [4.78, 5) is 2.80. The first kappa shape index (κ1) is 10.8. The van der Waals surface area contributed by atoms with Crippen LogP contribution in [0.5, 0.6) is 0 Å². The van der Waals surface area contributed by atoms with Gasteiger partial charge in [-0.25, -0.2) is 13.2 Å². The molecule has 0 aliphatic carbocycles. The smallest absolute Gasteiger partial charge is 0.254 e. The van der Waals surface area contributed by atoms with E-state index in [1.165, 1.54) is 0 Å². The zero-order valence-electron chi connectivity index (χ0n) is 6.45. The summed E-state index contributed by atoms with van der Waals surface area (Å²) in [6.45, 7) is 0. The summed E-state index contributed by atoms with van der Waals surface area (Å²) in [5, 5.41) is 0. The minimum absolute atomic E-state index is 0.384. The molecule has 0 saturated heterocycles. The highest BCUT2D eigenvalue weighted by Crippen LogP contribution is 2.36. The Morgan fingerprint density at radius 3 is 2.14 bits per heavy atom. The fraction of sp³-hybridized carbons (Fsp3) is 0.286. The molecular weight excluding hydrogens is 212 g/mol. The zero-order chi connectivity index (χ0) is 10.9. The molecule has 1 rings (SSSR count). The third-order valence-electron chi connectivity index (χ3n) is 1.42. The summed E-state index contributed by atoms with van der Waals surface area (Å²) in [5.41, 5.74) is -3.59. The molecule has 0 saturated carbocycles. The van der Waals surface area contributed by atoms with Crippen LogP contribution >= 0.6 is 0 Å². The molecule has 1 heterocycles. The van der Waals surface area contributed by atoms with Gasteiger partial charge >= 0.3 is 6.18 Å². The highest BCUT2D eigenvalue weighted by molar-refractivity contribution is 5.25. The molecule has 0 radical (unpaired) electrons. The quantitative estimate of drug-likeness (QED) is 0.655. The summed E-state index contributed by atoms with van der Waals surface area (Å²) in [7, 11) is 0. The van der Waals surface area contributed by atoms with Gasteiger partial charge in [0.25, 0.3) is 6.43 Å². The maximum absolute atomic E-state index is 12.6. The molecule has 0 aliphatic heterocycles. The topological polar surface area (TPSA) is 12.9 Å². The second-order valence-electron chi connectivity index (χ2n) is 2.35. The van der Waals surface area contributed by atoms with E-state index in [9.17, 15) is 26.3 Å². The molecular formula is C7H3F6N. The van der Waals surface area contributed by atoms with Gasteiger partial charge in [-0.1, -0.05) is 0 Å². The maximum Gasteiger partial charge on any atom is 0.421 e. The monoisotopic (exact) mass is 215 g/mol. The number of hydrogen-bond acceptors (Lipinski definition) is 1. The van der Waals surface area contributed by atoms with Crippen LogP contribution < -0.4 is 0 Å². The van der Waals surface area contributed by atoms with Gasteiger partial charge in [0.2, 0.25) is 0 Å². The summed E-state index contributed by atoms with van der Waals surface area (Å²) in [5.74, 6) is -1.75. The first-order valence-electron chi connectivity index (χ1n) is 3.33. The van der Waals surface area contributed by atoms with Crippen LogP contribution in [0.25, 0.3) is 0 Å². The molecule has 0 amide bonds. The lowest BCUT2D eigenvalue weighted by Crippen LogP contribution is -2.13. The molecule has 0 unspecified atom stereocenters. The van der Waals surface area contributed by atoms with E-state index in [1.807, 2.05) is 0 Å².